The Kier molecular flexibility index (Phi) is 6.81. The molecule has 34 heavy (non-hydrogen) atoms. The van der Waals surface area contributed by atoms with Crippen molar-refractivity contribution in [2.24, 2.45) is 0 Å². The van der Waals surface area contributed by atoms with E-state index in [1.165, 1.54) is 43.0 Å². The molecule has 0 bridgehead atoms. The fraction of sp³-hybridized carbons (Fsp3) is 0.348. The van der Waals surface area contributed by atoms with Crippen molar-refractivity contribution >= 4 is 23.3 Å². The topological polar surface area (TPSA) is 74.3 Å². The second-order valence-corrected chi connectivity index (χ2v) is 8.81. The molecule has 1 saturated heterocycles. The molecule has 1 aliphatic rings. The smallest absolute Gasteiger partial charge is 0.257 e. The molecule has 1 amide bonds. The molecule has 2 atom stereocenters. The van der Waals surface area contributed by atoms with Crippen molar-refractivity contribution in [2.45, 2.75) is 37.8 Å². The molecular weight excluding hydrogens is 471 g/mol. The van der Waals surface area contributed by atoms with Crippen molar-refractivity contribution in [1.82, 2.24) is 14.5 Å². The predicted octanol–water partition coefficient (Wildman–Crippen LogP) is 3.70. The van der Waals surface area contributed by atoms with Crippen molar-refractivity contribution in [2.75, 3.05) is 18.4 Å². The minimum absolute atomic E-state index is 0.00542. The summed E-state index contributed by atoms with van der Waals surface area (Å²) >= 11 is 6.07. The average Bonchev–Trinajstić information content (AvgIpc) is 3.22. The van der Waals surface area contributed by atoms with Crippen LogP contribution in [0.25, 0.3) is 0 Å². The quantitative estimate of drug-likeness (QED) is 0.405. The fourth-order valence-electron chi connectivity index (χ4n) is 4.04. The van der Waals surface area contributed by atoms with Crippen LogP contribution in [0.4, 0.5) is 19.0 Å². The van der Waals surface area contributed by atoms with E-state index in [2.05, 4.69) is 10.3 Å². The van der Waals surface area contributed by atoms with Gasteiger partial charge in [0.2, 0.25) is 18.3 Å². The number of benzene rings is 1. The summed E-state index contributed by atoms with van der Waals surface area (Å²) in [5.74, 6) is -4.50. The lowest BCUT2D eigenvalue weighted by atomic mass is 9.87. The number of imidazole rings is 1. The zero-order valence-corrected chi connectivity index (χ0v) is 19.1. The molecule has 2 aromatic heterocycles. The number of hydrogen-bond acceptors (Lipinski definition) is 4. The maximum atomic E-state index is 14.6. The number of carbonyl (C=O) groups excluding carboxylic acids is 1. The van der Waals surface area contributed by atoms with E-state index >= 15 is 0 Å². The van der Waals surface area contributed by atoms with E-state index in [1.54, 1.807) is 28.7 Å². The van der Waals surface area contributed by atoms with E-state index in [0.29, 0.717) is 23.5 Å². The van der Waals surface area contributed by atoms with Crippen molar-refractivity contribution in [1.29, 1.82) is 0 Å². The molecule has 1 aliphatic heterocycles. The van der Waals surface area contributed by atoms with Crippen molar-refractivity contribution < 1.29 is 27.9 Å². The number of alkyl halides is 2. The third-order valence-electron chi connectivity index (χ3n) is 6.08. The predicted molar refractivity (Wildman–Crippen MR) is 119 cm³/mol. The van der Waals surface area contributed by atoms with Crippen LogP contribution >= 0.6 is 11.6 Å². The van der Waals surface area contributed by atoms with Crippen LogP contribution in [0.3, 0.4) is 0 Å². The number of nitrogens with zero attached hydrogens (tertiary/aromatic N) is 4. The first-order chi connectivity index (χ1) is 16.1. The number of piperidine rings is 1. The number of anilines is 1. The molecule has 0 aliphatic carbocycles. The Morgan fingerprint density at radius 2 is 2.09 bits per heavy atom. The molecule has 0 radical (unpaired) electrons. The Morgan fingerprint density at radius 1 is 1.35 bits per heavy atom. The van der Waals surface area contributed by atoms with Gasteiger partial charge in [-0.05, 0) is 30.2 Å². The molecule has 1 fully saturated rings. The second-order valence-electron chi connectivity index (χ2n) is 8.40. The second kappa shape index (κ2) is 9.63. The van der Waals surface area contributed by atoms with Crippen LogP contribution in [-0.2, 0) is 11.3 Å². The third kappa shape index (κ3) is 5.34. The summed E-state index contributed by atoms with van der Waals surface area (Å²) < 4.78 is 45.0. The minimum atomic E-state index is -2.92. The number of nitrogens with one attached hydrogen (secondary N) is 1. The lowest BCUT2D eigenvalue weighted by molar-refractivity contribution is -0.904. The van der Waals surface area contributed by atoms with E-state index in [1.807, 2.05) is 0 Å². The number of halogens is 4. The third-order valence-corrected chi connectivity index (χ3v) is 6.43. The average molecular weight is 495 g/mol. The van der Waals surface area contributed by atoms with Crippen molar-refractivity contribution in [3.8, 4) is 0 Å². The number of carbonyl (C=O) groups is 1. The maximum Gasteiger partial charge on any atom is 0.257 e. The summed E-state index contributed by atoms with van der Waals surface area (Å²) in [5.41, 5.74) is 1.09. The number of rotatable bonds is 6. The first kappa shape index (κ1) is 24.0. The van der Waals surface area contributed by atoms with Gasteiger partial charge in [0.1, 0.15) is 5.82 Å². The Bertz CT molecular complexity index is 1170. The van der Waals surface area contributed by atoms with Crippen molar-refractivity contribution in [3.63, 3.8) is 0 Å². The van der Waals surface area contributed by atoms with Gasteiger partial charge in [-0.25, -0.2) is 18.2 Å². The number of aromatic nitrogens is 3. The first-order valence-electron chi connectivity index (χ1n) is 10.7. The van der Waals surface area contributed by atoms with Crippen LogP contribution in [0.2, 0.25) is 5.02 Å². The summed E-state index contributed by atoms with van der Waals surface area (Å²) in [4.78, 5) is 18.7. The van der Waals surface area contributed by atoms with Gasteiger partial charge >= 0.3 is 0 Å². The Morgan fingerprint density at radius 3 is 2.79 bits per heavy atom. The number of likely N-dealkylation sites (tertiary alicyclic amines) is 1. The summed E-state index contributed by atoms with van der Waals surface area (Å²) in [6.07, 6.45) is 5.36. The summed E-state index contributed by atoms with van der Waals surface area (Å²) in [7, 11) is 0. The van der Waals surface area contributed by atoms with Gasteiger partial charge in [-0.15, -0.1) is 0 Å². The van der Waals surface area contributed by atoms with Gasteiger partial charge in [-0.1, -0.05) is 17.7 Å². The normalized spacial score (nSPS) is 19.0. The zero-order chi connectivity index (χ0) is 24.5. The fourth-order valence-corrected chi connectivity index (χ4v) is 4.27. The molecule has 4 rings (SSSR count). The Labute approximate surface area is 199 Å². The van der Waals surface area contributed by atoms with Crippen LogP contribution < -0.4 is 10.0 Å². The Balaban J connectivity index is 1.40. The molecule has 3 heterocycles. The zero-order valence-electron chi connectivity index (χ0n) is 18.3. The molecule has 0 spiro atoms. The van der Waals surface area contributed by atoms with Crippen LogP contribution in [0, 0.1) is 5.82 Å². The van der Waals surface area contributed by atoms with E-state index in [4.69, 9.17) is 11.6 Å². The standard InChI is InChI=1S/C23H23ClF3N5O2/c1-15(31-9-6-23(26,27)19(12-31)16-4-7-32(34)8-5-16)22(33)29-21-13-30(14-28-21)11-17-2-3-18(25)10-20(17)24/h2-5,7-8,10,13-15,19H,6,9,11-12H2,1H3,(H-,29,33,34)/p+1/t15-,19+/m0/s1. The minimum Gasteiger partial charge on any atom is -0.331 e. The largest absolute Gasteiger partial charge is 0.331 e. The number of amides is 1. The van der Waals surface area contributed by atoms with Gasteiger partial charge in [0, 0.05) is 47.6 Å². The van der Waals surface area contributed by atoms with Gasteiger partial charge in [-0.3, -0.25) is 14.9 Å². The molecule has 11 heteroatoms. The van der Waals surface area contributed by atoms with Crippen LogP contribution in [-0.4, -0.2) is 50.6 Å². The van der Waals surface area contributed by atoms with E-state index in [9.17, 15) is 23.2 Å². The van der Waals surface area contributed by atoms with Gasteiger partial charge in [-0.2, -0.15) is 0 Å². The molecule has 0 saturated carbocycles. The van der Waals surface area contributed by atoms with E-state index in [-0.39, 0.29) is 30.4 Å². The molecule has 2 N–H and O–H groups in total. The van der Waals surface area contributed by atoms with Crippen LogP contribution in [0.15, 0.2) is 55.2 Å². The highest BCUT2D eigenvalue weighted by Crippen LogP contribution is 2.40. The highest BCUT2D eigenvalue weighted by Gasteiger charge is 2.46. The number of pyridine rings is 1. The Hall–Kier alpha value is -3.11. The van der Waals surface area contributed by atoms with Gasteiger partial charge in [0.25, 0.3) is 5.92 Å². The SMILES string of the molecule is C[C@@H](C(=O)Nc1cn(Cc2ccc(F)cc2Cl)cn1)N1CCC(F)(F)[C@@H](c2cc[n+](O)cc2)C1. The van der Waals surface area contributed by atoms with E-state index in [0.717, 1.165) is 4.73 Å². The lowest BCUT2D eigenvalue weighted by Crippen LogP contribution is -2.52. The molecule has 180 valence electrons. The van der Waals surface area contributed by atoms with Gasteiger partial charge < -0.3 is 9.88 Å². The first-order valence-corrected chi connectivity index (χ1v) is 11.1. The molecule has 7 nitrogen and oxygen atoms in total. The highest BCUT2D eigenvalue weighted by molar-refractivity contribution is 6.31. The summed E-state index contributed by atoms with van der Waals surface area (Å²) in [6, 6.07) is 6.36. The molecule has 3 aromatic rings. The summed E-state index contributed by atoms with van der Waals surface area (Å²) in [6.45, 7) is 2.07. The monoisotopic (exact) mass is 494 g/mol. The van der Waals surface area contributed by atoms with Gasteiger partial charge in [0.05, 0.1) is 24.8 Å². The molecule has 1 aromatic carbocycles. The van der Waals surface area contributed by atoms with Crippen LogP contribution in [0.5, 0.6) is 0 Å². The highest BCUT2D eigenvalue weighted by atomic mass is 35.5. The molecule has 0 unspecified atom stereocenters. The van der Waals surface area contributed by atoms with E-state index < -0.39 is 23.7 Å². The summed E-state index contributed by atoms with van der Waals surface area (Å²) in [5, 5.41) is 12.4. The number of hydrogen-bond donors (Lipinski definition) is 2. The maximum absolute atomic E-state index is 14.6. The molecular formula is C23H24ClF3N5O2+. The van der Waals surface area contributed by atoms with Gasteiger partial charge in [0.15, 0.2) is 5.82 Å². The van der Waals surface area contributed by atoms with Crippen LogP contribution in [0.1, 0.15) is 30.4 Å². The van der Waals surface area contributed by atoms with Crippen molar-refractivity contribution in [3.05, 3.63) is 77.2 Å². The lowest BCUT2D eigenvalue weighted by Gasteiger charge is -2.40.